The van der Waals surface area contributed by atoms with Crippen LogP contribution in [-0.2, 0) is 9.59 Å². The highest BCUT2D eigenvalue weighted by molar-refractivity contribution is 6.22. The molecule has 0 aliphatic carbocycles. The molecule has 0 N–H and O–H groups in total. The Morgan fingerprint density at radius 3 is 1.58 bits per heavy atom. The number of hydrogen-bond donors (Lipinski definition) is 0. The SMILES string of the molecule is CC(C)CCC1C(=O)N(c2ccccc2)N(c2ccccc2)C1=O. The maximum Gasteiger partial charge on any atom is 0.258 e. The summed E-state index contributed by atoms with van der Waals surface area (Å²) in [6, 6.07) is 18.7. The number of amides is 2. The molecule has 0 atom stereocenters. The van der Waals surface area contributed by atoms with Crippen molar-refractivity contribution in [3.8, 4) is 0 Å². The van der Waals surface area contributed by atoms with Gasteiger partial charge in [0.15, 0.2) is 0 Å². The first-order chi connectivity index (χ1) is 11.6. The maximum atomic E-state index is 13.0. The fourth-order valence-corrected chi connectivity index (χ4v) is 2.97. The second-order valence-electron chi connectivity index (χ2n) is 6.49. The molecule has 3 rings (SSSR count). The van der Waals surface area contributed by atoms with E-state index in [0.29, 0.717) is 23.7 Å². The predicted octanol–water partition coefficient (Wildman–Crippen LogP) is 4.03. The molecule has 4 nitrogen and oxygen atoms in total. The quantitative estimate of drug-likeness (QED) is 0.780. The summed E-state index contributed by atoms with van der Waals surface area (Å²) in [6.45, 7) is 4.21. The number of hydrogen-bond acceptors (Lipinski definition) is 2. The molecule has 2 aromatic carbocycles. The van der Waals surface area contributed by atoms with Crippen LogP contribution >= 0.6 is 0 Å². The third-order valence-corrected chi connectivity index (χ3v) is 4.25. The Hall–Kier alpha value is -2.62. The minimum Gasteiger partial charge on any atom is -0.272 e. The van der Waals surface area contributed by atoms with Crippen molar-refractivity contribution in [2.75, 3.05) is 10.0 Å². The monoisotopic (exact) mass is 322 g/mol. The average Bonchev–Trinajstić information content (AvgIpc) is 2.85. The number of benzene rings is 2. The summed E-state index contributed by atoms with van der Waals surface area (Å²) in [7, 11) is 0. The number of rotatable bonds is 5. The zero-order valence-electron chi connectivity index (χ0n) is 14.1. The van der Waals surface area contributed by atoms with E-state index in [2.05, 4.69) is 13.8 Å². The molecule has 0 spiro atoms. The highest BCUT2D eigenvalue weighted by Crippen LogP contribution is 2.33. The molecular formula is C20H22N2O2. The van der Waals surface area contributed by atoms with Gasteiger partial charge in [-0.25, -0.2) is 10.0 Å². The smallest absolute Gasteiger partial charge is 0.258 e. The van der Waals surface area contributed by atoms with Gasteiger partial charge in [0.2, 0.25) is 0 Å². The summed E-state index contributed by atoms with van der Waals surface area (Å²) in [5.41, 5.74) is 1.43. The van der Waals surface area contributed by atoms with Crippen molar-refractivity contribution in [1.29, 1.82) is 0 Å². The Morgan fingerprint density at radius 1 is 0.792 bits per heavy atom. The van der Waals surface area contributed by atoms with Crippen molar-refractivity contribution >= 4 is 23.2 Å². The molecule has 1 fully saturated rings. The largest absolute Gasteiger partial charge is 0.272 e. The number of para-hydroxylation sites is 2. The predicted molar refractivity (Wildman–Crippen MR) is 95.4 cm³/mol. The van der Waals surface area contributed by atoms with Crippen LogP contribution in [0.1, 0.15) is 26.7 Å². The Bertz CT molecular complexity index is 655. The van der Waals surface area contributed by atoms with Crippen molar-refractivity contribution in [3.63, 3.8) is 0 Å². The van der Waals surface area contributed by atoms with Crippen LogP contribution in [0, 0.1) is 11.8 Å². The summed E-state index contributed by atoms with van der Waals surface area (Å²) < 4.78 is 0. The lowest BCUT2D eigenvalue weighted by Gasteiger charge is -2.27. The van der Waals surface area contributed by atoms with E-state index >= 15 is 0 Å². The Balaban J connectivity index is 1.99. The molecule has 4 heteroatoms. The van der Waals surface area contributed by atoms with Crippen LogP contribution in [-0.4, -0.2) is 11.8 Å². The minimum absolute atomic E-state index is 0.143. The Kier molecular flexibility index (Phi) is 4.65. The zero-order chi connectivity index (χ0) is 17.1. The van der Waals surface area contributed by atoms with Crippen LogP contribution in [0.25, 0.3) is 0 Å². The third kappa shape index (κ3) is 3.04. The van der Waals surface area contributed by atoms with Gasteiger partial charge in [-0.15, -0.1) is 0 Å². The molecule has 2 amide bonds. The second kappa shape index (κ2) is 6.87. The number of hydrazine groups is 1. The molecule has 124 valence electrons. The topological polar surface area (TPSA) is 40.6 Å². The van der Waals surface area contributed by atoms with E-state index in [0.717, 1.165) is 6.42 Å². The van der Waals surface area contributed by atoms with Gasteiger partial charge >= 0.3 is 0 Å². The van der Waals surface area contributed by atoms with E-state index < -0.39 is 5.92 Å². The second-order valence-corrected chi connectivity index (χ2v) is 6.49. The highest BCUT2D eigenvalue weighted by Gasteiger charge is 2.46. The van der Waals surface area contributed by atoms with E-state index in [1.165, 1.54) is 10.0 Å². The van der Waals surface area contributed by atoms with Gasteiger partial charge in [-0.1, -0.05) is 50.2 Å². The maximum absolute atomic E-state index is 13.0. The first kappa shape index (κ1) is 16.2. The number of carbonyl (C=O) groups excluding carboxylic acids is 2. The van der Waals surface area contributed by atoms with Gasteiger partial charge in [-0.2, -0.15) is 0 Å². The minimum atomic E-state index is -0.604. The Labute approximate surface area is 142 Å². The van der Waals surface area contributed by atoms with E-state index in [9.17, 15) is 9.59 Å². The standard InChI is InChI=1S/C20H22N2O2/c1-15(2)13-14-18-19(23)21(16-9-5-3-6-10-16)22(20(18)24)17-11-7-4-8-12-17/h3-12,15,18H,13-14H2,1-2H3. The summed E-state index contributed by atoms with van der Waals surface area (Å²) in [4.78, 5) is 26.0. The zero-order valence-corrected chi connectivity index (χ0v) is 14.1. The van der Waals surface area contributed by atoms with Gasteiger partial charge < -0.3 is 0 Å². The molecule has 1 saturated heterocycles. The number of carbonyl (C=O) groups is 2. The van der Waals surface area contributed by atoms with Gasteiger partial charge in [-0.05, 0) is 43.0 Å². The molecule has 0 saturated carbocycles. The summed E-state index contributed by atoms with van der Waals surface area (Å²) in [6.07, 6.45) is 1.44. The van der Waals surface area contributed by atoms with Crippen molar-refractivity contribution in [3.05, 3.63) is 60.7 Å². The van der Waals surface area contributed by atoms with E-state index in [-0.39, 0.29) is 11.8 Å². The lowest BCUT2D eigenvalue weighted by molar-refractivity contribution is -0.127. The fourth-order valence-electron chi connectivity index (χ4n) is 2.97. The Morgan fingerprint density at radius 2 is 1.21 bits per heavy atom. The molecule has 0 radical (unpaired) electrons. The van der Waals surface area contributed by atoms with Gasteiger partial charge in [-0.3, -0.25) is 9.59 Å². The van der Waals surface area contributed by atoms with Crippen LogP contribution in [0.5, 0.6) is 0 Å². The first-order valence-electron chi connectivity index (χ1n) is 8.37. The fraction of sp³-hybridized carbons (Fsp3) is 0.300. The van der Waals surface area contributed by atoms with Gasteiger partial charge in [0.05, 0.1) is 11.4 Å². The molecule has 0 aromatic heterocycles. The van der Waals surface area contributed by atoms with Crippen molar-refractivity contribution < 1.29 is 9.59 Å². The summed E-state index contributed by atoms with van der Waals surface area (Å²) >= 11 is 0. The van der Waals surface area contributed by atoms with Crippen LogP contribution in [0.4, 0.5) is 11.4 Å². The van der Waals surface area contributed by atoms with Gasteiger partial charge in [0.25, 0.3) is 11.8 Å². The molecule has 24 heavy (non-hydrogen) atoms. The molecule has 0 unspecified atom stereocenters. The number of anilines is 2. The van der Waals surface area contributed by atoms with Gasteiger partial charge in [0, 0.05) is 0 Å². The van der Waals surface area contributed by atoms with Crippen LogP contribution in [0.3, 0.4) is 0 Å². The van der Waals surface area contributed by atoms with Crippen LogP contribution in [0.2, 0.25) is 0 Å². The molecule has 1 heterocycles. The lowest BCUT2D eigenvalue weighted by atomic mass is 9.97. The van der Waals surface area contributed by atoms with Gasteiger partial charge in [0.1, 0.15) is 5.92 Å². The van der Waals surface area contributed by atoms with Crippen molar-refractivity contribution in [1.82, 2.24) is 0 Å². The van der Waals surface area contributed by atoms with Crippen LogP contribution in [0.15, 0.2) is 60.7 Å². The third-order valence-electron chi connectivity index (χ3n) is 4.25. The highest BCUT2D eigenvalue weighted by atomic mass is 16.2. The first-order valence-corrected chi connectivity index (χ1v) is 8.37. The van der Waals surface area contributed by atoms with E-state index in [4.69, 9.17) is 0 Å². The molecule has 2 aromatic rings. The summed E-state index contributed by atoms with van der Waals surface area (Å²) in [5, 5.41) is 3.03. The van der Waals surface area contributed by atoms with E-state index in [1.54, 1.807) is 0 Å². The van der Waals surface area contributed by atoms with Crippen molar-refractivity contribution in [2.24, 2.45) is 11.8 Å². The lowest BCUT2D eigenvalue weighted by Crippen LogP contribution is -2.41. The molecular weight excluding hydrogens is 300 g/mol. The van der Waals surface area contributed by atoms with E-state index in [1.807, 2.05) is 60.7 Å². The van der Waals surface area contributed by atoms with Crippen molar-refractivity contribution in [2.45, 2.75) is 26.7 Å². The molecule has 1 aliphatic rings. The summed E-state index contributed by atoms with van der Waals surface area (Å²) in [5.74, 6) is -0.430. The average molecular weight is 322 g/mol. The normalized spacial score (nSPS) is 15.6. The number of nitrogens with zero attached hydrogens (tertiary/aromatic N) is 2. The molecule has 1 aliphatic heterocycles. The molecule has 0 bridgehead atoms. The van der Waals surface area contributed by atoms with Crippen LogP contribution < -0.4 is 10.0 Å².